The third-order valence-electron chi connectivity index (χ3n) is 3.80. The SMILES string of the molecule is CCOc1ccc(NC(=O)C(C)C)cc1C(=O)NC(C)c1ccnc(N)n1. The highest BCUT2D eigenvalue weighted by atomic mass is 16.5. The van der Waals surface area contributed by atoms with Crippen molar-refractivity contribution in [2.24, 2.45) is 5.92 Å². The number of ether oxygens (including phenoxy) is 1. The molecule has 8 nitrogen and oxygen atoms in total. The van der Waals surface area contributed by atoms with E-state index in [-0.39, 0.29) is 29.7 Å². The zero-order chi connectivity index (χ0) is 20.0. The van der Waals surface area contributed by atoms with Crippen molar-refractivity contribution in [2.45, 2.75) is 33.7 Å². The van der Waals surface area contributed by atoms with Crippen LogP contribution >= 0.6 is 0 Å². The quantitative estimate of drug-likeness (QED) is 0.688. The van der Waals surface area contributed by atoms with Crippen LogP contribution in [0.1, 0.15) is 49.8 Å². The third-order valence-corrected chi connectivity index (χ3v) is 3.80. The van der Waals surface area contributed by atoms with E-state index >= 15 is 0 Å². The van der Waals surface area contributed by atoms with E-state index in [1.807, 2.05) is 6.92 Å². The molecule has 0 bridgehead atoms. The fourth-order valence-corrected chi connectivity index (χ4v) is 2.33. The van der Waals surface area contributed by atoms with Crippen LogP contribution < -0.4 is 21.1 Å². The molecule has 2 amide bonds. The zero-order valence-electron chi connectivity index (χ0n) is 15.9. The van der Waals surface area contributed by atoms with Crippen LogP contribution in [0.3, 0.4) is 0 Å². The average Bonchev–Trinajstić information content (AvgIpc) is 2.62. The van der Waals surface area contributed by atoms with Crippen LogP contribution in [0.15, 0.2) is 30.5 Å². The van der Waals surface area contributed by atoms with Gasteiger partial charge >= 0.3 is 0 Å². The molecular formula is C19H25N5O3. The van der Waals surface area contributed by atoms with Crippen LogP contribution in [0.5, 0.6) is 5.75 Å². The normalized spacial score (nSPS) is 11.7. The van der Waals surface area contributed by atoms with Crippen molar-refractivity contribution in [3.63, 3.8) is 0 Å². The highest BCUT2D eigenvalue weighted by Gasteiger charge is 2.18. The first-order valence-electron chi connectivity index (χ1n) is 8.78. The number of nitrogens with one attached hydrogen (secondary N) is 2. The summed E-state index contributed by atoms with van der Waals surface area (Å²) in [5.74, 6) is -0.0647. The molecule has 0 aliphatic carbocycles. The van der Waals surface area contributed by atoms with Crippen LogP contribution in [0.2, 0.25) is 0 Å². The van der Waals surface area contributed by atoms with Crippen molar-refractivity contribution in [1.82, 2.24) is 15.3 Å². The molecule has 144 valence electrons. The van der Waals surface area contributed by atoms with E-state index in [9.17, 15) is 9.59 Å². The molecule has 1 aromatic carbocycles. The lowest BCUT2D eigenvalue weighted by Crippen LogP contribution is -2.28. The standard InChI is InChI=1S/C19H25N5O3/c1-5-27-16-7-6-13(23-17(25)11(2)3)10-14(16)18(26)22-12(4)15-8-9-21-19(20)24-15/h6-12H,5H2,1-4H3,(H,22,26)(H,23,25)(H2,20,21,24). The Morgan fingerprint density at radius 2 is 1.96 bits per heavy atom. The van der Waals surface area contributed by atoms with Crippen LogP contribution in [0, 0.1) is 5.92 Å². The Bertz CT molecular complexity index is 823. The molecule has 1 heterocycles. The smallest absolute Gasteiger partial charge is 0.255 e. The number of benzene rings is 1. The van der Waals surface area contributed by atoms with Gasteiger partial charge in [-0.1, -0.05) is 13.8 Å². The highest BCUT2D eigenvalue weighted by molar-refractivity contribution is 6.00. The number of aromatic nitrogens is 2. The number of rotatable bonds is 7. The minimum atomic E-state index is -0.383. The van der Waals surface area contributed by atoms with Gasteiger partial charge in [0.2, 0.25) is 11.9 Å². The molecular weight excluding hydrogens is 346 g/mol. The lowest BCUT2D eigenvalue weighted by atomic mass is 10.1. The first kappa shape index (κ1) is 20.2. The minimum absolute atomic E-state index is 0.129. The Kier molecular flexibility index (Phi) is 6.70. The maximum atomic E-state index is 12.8. The van der Waals surface area contributed by atoms with Gasteiger partial charge in [0.15, 0.2) is 0 Å². The molecule has 0 aliphatic heterocycles. The number of amides is 2. The van der Waals surface area contributed by atoms with Gasteiger partial charge in [0.25, 0.3) is 5.91 Å². The molecule has 0 aliphatic rings. The molecule has 2 aromatic rings. The van der Waals surface area contributed by atoms with E-state index in [2.05, 4.69) is 20.6 Å². The van der Waals surface area contributed by atoms with E-state index in [1.54, 1.807) is 45.0 Å². The third kappa shape index (κ3) is 5.40. The summed E-state index contributed by atoms with van der Waals surface area (Å²) in [6.07, 6.45) is 1.54. The maximum Gasteiger partial charge on any atom is 0.255 e. The fourth-order valence-electron chi connectivity index (χ4n) is 2.33. The van der Waals surface area contributed by atoms with Crippen LogP contribution in [-0.4, -0.2) is 28.4 Å². The summed E-state index contributed by atoms with van der Waals surface area (Å²) in [5, 5.41) is 5.65. The van der Waals surface area contributed by atoms with Gasteiger partial charge in [-0.05, 0) is 38.1 Å². The summed E-state index contributed by atoms with van der Waals surface area (Å²) < 4.78 is 5.55. The summed E-state index contributed by atoms with van der Waals surface area (Å²) in [6.45, 7) is 7.64. The second-order valence-corrected chi connectivity index (χ2v) is 6.32. The van der Waals surface area contributed by atoms with Crippen molar-refractivity contribution < 1.29 is 14.3 Å². The lowest BCUT2D eigenvalue weighted by Gasteiger charge is -2.17. The molecule has 1 atom stereocenters. The molecule has 0 fully saturated rings. The molecule has 1 unspecified atom stereocenters. The van der Waals surface area contributed by atoms with Crippen molar-refractivity contribution in [1.29, 1.82) is 0 Å². The number of carbonyl (C=O) groups is 2. The predicted octanol–water partition coefficient (Wildman–Crippen LogP) is 2.54. The first-order chi connectivity index (χ1) is 12.8. The number of nitrogen functional groups attached to an aromatic ring is 1. The molecule has 8 heteroatoms. The van der Waals surface area contributed by atoms with E-state index in [0.717, 1.165) is 0 Å². The van der Waals surface area contributed by atoms with Gasteiger partial charge < -0.3 is 21.1 Å². The Morgan fingerprint density at radius 3 is 2.59 bits per heavy atom. The first-order valence-corrected chi connectivity index (χ1v) is 8.78. The Morgan fingerprint density at radius 1 is 1.22 bits per heavy atom. The summed E-state index contributed by atoms with van der Waals surface area (Å²) >= 11 is 0. The van der Waals surface area contributed by atoms with Gasteiger partial charge in [0.1, 0.15) is 5.75 Å². The van der Waals surface area contributed by atoms with Crippen molar-refractivity contribution >= 4 is 23.5 Å². The molecule has 0 spiro atoms. The van der Waals surface area contributed by atoms with Gasteiger partial charge in [0.05, 0.1) is 23.9 Å². The van der Waals surface area contributed by atoms with Crippen LogP contribution in [0.25, 0.3) is 0 Å². The van der Waals surface area contributed by atoms with E-state index in [4.69, 9.17) is 10.5 Å². The number of hydrogen-bond acceptors (Lipinski definition) is 6. The van der Waals surface area contributed by atoms with Crippen LogP contribution in [-0.2, 0) is 4.79 Å². The number of anilines is 2. The second kappa shape index (κ2) is 8.98. The van der Waals surface area contributed by atoms with Crippen molar-refractivity contribution in [3.8, 4) is 5.75 Å². The monoisotopic (exact) mass is 371 g/mol. The van der Waals surface area contributed by atoms with Crippen molar-refractivity contribution in [2.75, 3.05) is 17.7 Å². The minimum Gasteiger partial charge on any atom is -0.493 e. The van der Waals surface area contributed by atoms with Crippen LogP contribution in [0.4, 0.5) is 11.6 Å². The van der Waals surface area contributed by atoms with Crippen molar-refractivity contribution in [3.05, 3.63) is 41.7 Å². The van der Waals surface area contributed by atoms with E-state index in [0.29, 0.717) is 29.3 Å². The largest absolute Gasteiger partial charge is 0.493 e. The molecule has 27 heavy (non-hydrogen) atoms. The molecule has 0 saturated carbocycles. The molecule has 2 rings (SSSR count). The fraction of sp³-hybridized carbons (Fsp3) is 0.368. The van der Waals surface area contributed by atoms with Gasteiger partial charge in [-0.2, -0.15) is 0 Å². The summed E-state index contributed by atoms with van der Waals surface area (Å²) in [6, 6.07) is 6.27. The van der Waals surface area contributed by atoms with E-state index < -0.39 is 0 Å². The number of carbonyl (C=O) groups excluding carboxylic acids is 2. The van der Waals surface area contributed by atoms with E-state index in [1.165, 1.54) is 6.20 Å². The summed E-state index contributed by atoms with van der Waals surface area (Å²) in [4.78, 5) is 32.7. The molecule has 0 saturated heterocycles. The maximum absolute atomic E-state index is 12.8. The Labute approximate surface area is 158 Å². The number of hydrogen-bond donors (Lipinski definition) is 3. The van der Waals surface area contributed by atoms with Gasteiger partial charge in [0, 0.05) is 17.8 Å². The second-order valence-electron chi connectivity index (χ2n) is 6.32. The summed E-state index contributed by atoms with van der Waals surface area (Å²) in [7, 11) is 0. The van der Waals surface area contributed by atoms with Gasteiger partial charge in [-0.15, -0.1) is 0 Å². The zero-order valence-corrected chi connectivity index (χ0v) is 15.9. The molecule has 1 aromatic heterocycles. The van der Waals surface area contributed by atoms with Gasteiger partial charge in [-0.25, -0.2) is 9.97 Å². The van der Waals surface area contributed by atoms with Gasteiger partial charge in [-0.3, -0.25) is 9.59 Å². The average molecular weight is 371 g/mol. The predicted molar refractivity (Wildman–Crippen MR) is 103 cm³/mol. The lowest BCUT2D eigenvalue weighted by molar-refractivity contribution is -0.118. The summed E-state index contributed by atoms with van der Waals surface area (Å²) in [5.41, 5.74) is 7.05. The Balaban J connectivity index is 2.24. The number of nitrogens with zero attached hydrogens (tertiary/aromatic N) is 2. The molecule has 4 N–H and O–H groups in total. The highest BCUT2D eigenvalue weighted by Crippen LogP contribution is 2.24. The Hall–Kier alpha value is -3.16. The molecule has 0 radical (unpaired) electrons. The topological polar surface area (TPSA) is 119 Å². The number of nitrogens with two attached hydrogens (primary N) is 1.